The van der Waals surface area contributed by atoms with E-state index >= 15 is 0 Å². The number of carbonyl (C=O) groups is 2. The van der Waals surface area contributed by atoms with E-state index in [4.69, 9.17) is 4.74 Å². The van der Waals surface area contributed by atoms with Crippen LogP contribution in [0.25, 0.3) is 0 Å². The van der Waals surface area contributed by atoms with Crippen LogP contribution in [0.5, 0.6) is 5.75 Å². The second-order valence-electron chi connectivity index (χ2n) is 8.32. The molecule has 2 amide bonds. The molecule has 0 unspecified atom stereocenters. The maximum atomic E-state index is 11.9. The minimum atomic E-state index is -0.189. The highest BCUT2D eigenvalue weighted by Gasteiger charge is 2.17. The predicted octanol–water partition coefficient (Wildman–Crippen LogP) is 3.57. The summed E-state index contributed by atoms with van der Waals surface area (Å²) in [5.74, 6) is 0.573. The van der Waals surface area contributed by atoms with Crippen LogP contribution < -0.4 is 15.4 Å². The zero-order valence-electron chi connectivity index (χ0n) is 16.3. The van der Waals surface area contributed by atoms with Gasteiger partial charge in [0.1, 0.15) is 5.75 Å². The number of amides is 2. The highest BCUT2D eigenvalue weighted by molar-refractivity contribution is 5.84. The van der Waals surface area contributed by atoms with E-state index in [0.717, 1.165) is 24.2 Å². The van der Waals surface area contributed by atoms with Crippen molar-refractivity contribution in [1.29, 1.82) is 0 Å². The lowest BCUT2D eigenvalue weighted by atomic mass is 9.92. The Kier molecular flexibility index (Phi) is 7.49. The zero-order valence-corrected chi connectivity index (χ0v) is 16.3. The first-order chi connectivity index (χ1) is 12.3. The molecule has 5 nitrogen and oxygen atoms in total. The number of hydrogen-bond acceptors (Lipinski definition) is 3. The van der Waals surface area contributed by atoms with Crippen LogP contribution in [-0.4, -0.2) is 24.5 Å². The maximum absolute atomic E-state index is 11.9. The highest BCUT2D eigenvalue weighted by Crippen LogP contribution is 2.24. The summed E-state index contributed by atoms with van der Waals surface area (Å²) < 4.78 is 6.06. The van der Waals surface area contributed by atoms with E-state index < -0.39 is 0 Å². The fraction of sp³-hybridized carbons (Fsp3) is 0.619. The third kappa shape index (κ3) is 7.89. The van der Waals surface area contributed by atoms with Gasteiger partial charge in [-0.05, 0) is 48.8 Å². The third-order valence-electron chi connectivity index (χ3n) is 4.38. The van der Waals surface area contributed by atoms with Gasteiger partial charge in [-0.3, -0.25) is 9.59 Å². The van der Waals surface area contributed by atoms with Crippen LogP contribution >= 0.6 is 0 Å². The average molecular weight is 360 g/mol. The van der Waals surface area contributed by atoms with E-state index in [1.54, 1.807) is 0 Å². The number of ether oxygens (including phenoxy) is 1. The van der Waals surface area contributed by atoms with Crippen LogP contribution in [0.1, 0.15) is 64.9 Å². The summed E-state index contributed by atoms with van der Waals surface area (Å²) in [4.78, 5) is 23.7. The van der Waals surface area contributed by atoms with Gasteiger partial charge in [0.05, 0.1) is 12.6 Å². The molecular formula is C21H32N2O3. The second-order valence-corrected chi connectivity index (χ2v) is 8.32. The molecule has 1 aromatic rings. The number of benzene rings is 1. The average Bonchev–Trinajstić information content (AvgIpc) is 2.58. The first kappa shape index (κ1) is 20.3. The minimum Gasteiger partial charge on any atom is -0.490 e. The summed E-state index contributed by atoms with van der Waals surface area (Å²) in [5, 5.41) is 5.50. The topological polar surface area (TPSA) is 67.4 Å². The number of hydrogen-bond donors (Lipinski definition) is 2. The molecule has 1 fully saturated rings. The lowest BCUT2D eigenvalue weighted by Gasteiger charge is -2.23. The first-order valence-electron chi connectivity index (χ1n) is 9.61. The van der Waals surface area contributed by atoms with Crippen LogP contribution in [0.15, 0.2) is 24.3 Å². The largest absolute Gasteiger partial charge is 0.490 e. The molecule has 144 valence electrons. The maximum Gasteiger partial charge on any atom is 0.239 e. The van der Waals surface area contributed by atoms with Crippen molar-refractivity contribution in [3.63, 3.8) is 0 Å². The Bertz CT molecular complexity index is 602. The molecule has 0 radical (unpaired) electrons. The molecule has 0 heterocycles. The van der Waals surface area contributed by atoms with Crippen molar-refractivity contribution in [2.75, 3.05) is 6.54 Å². The summed E-state index contributed by atoms with van der Waals surface area (Å²) in [5.41, 5.74) is 0.909. The van der Waals surface area contributed by atoms with Crippen LogP contribution in [0.4, 0.5) is 0 Å². The third-order valence-corrected chi connectivity index (χ3v) is 4.38. The summed E-state index contributed by atoms with van der Waals surface area (Å²) in [6.07, 6.45) is 6.73. The van der Waals surface area contributed by atoms with Gasteiger partial charge in [0.25, 0.3) is 0 Å². The molecule has 0 saturated heterocycles. The molecule has 0 atom stereocenters. The van der Waals surface area contributed by atoms with Crippen LogP contribution in [0.2, 0.25) is 0 Å². The highest BCUT2D eigenvalue weighted by atomic mass is 16.5. The Morgan fingerprint density at radius 3 is 2.50 bits per heavy atom. The molecule has 2 rings (SSSR count). The number of rotatable bonds is 7. The molecule has 1 saturated carbocycles. The van der Waals surface area contributed by atoms with Crippen molar-refractivity contribution in [3.05, 3.63) is 29.8 Å². The van der Waals surface area contributed by atoms with E-state index in [0.29, 0.717) is 19.1 Å². The SMILES string of the molecule is CC(C)(C)CC(=O)NCC(=O)NCc1cccc(OC2CCCCC2)c1. The first-order valence-corrected chi connectivity index (χ1v) is 9.61. The Hall–Kier alpha value is -2.04. The van der Waals surface area contributed by atoms with Gasteiger partial charge in [0.15, 0.2) is 0 Å². The Balaban J connectivity index is 1.73. The lowest BCUT2D eigenvalue weighted by Crippen LogP contribution is -2.37. The number of nitrogens with one attached hydrogen (secondary N) is 2. The minimum absolute atomic E-state index is 0.00712. The predicted molar refractivity (Wildman–Crippen MR) is 103 cm³/mol. The molecule has 0 aromatic heterocycles. The monoisotopic (exact) mass is 360 g/mol. The van der Waals surface area contributed by atoms with Gasteiger partial charge in [0, 0.05) is 13.0 Å². The van der Waals surface area contributed by atoms with Gasteiger partial charge >= 0.3 is 0 Å². The van der Waals surface area contributed by atoms with E-state index in [-0.39, 0.29) is 23.8 Å². The molecule has 5 heteroatoms. The molecule has 2 N–H and O–H groups in total. The summed E-state index contributed by atoms with van der Waals surface area (Å²) in [7, 11) is 0. The summed E-state index contributed by atoms with van der Waals surface area (Å²) >= 11 is 0. The smallest absolute Gasteiger partial charge is 0.239 e. The Labute approximate surface area is 156 Å². The van der Waals surface area contributed by atoms with Crippen molar-refractivity contribution < 1.29 is 14.3 Å². The van der Waals surface area contributed by atoms with Crippen LogP contribution in [0.3, 0.4) is 0 Å². The van der Waals surface area contributed by atoms with E-state index in [9.17, 15) is 9.59 Å². The lowest BCUT2D eigenvalue weighted by molar-refractivity contribution is -0.127. The summed E-state index contributed by atoms with van der Waals surface area (Å²) in [6, 6.07) is 7.86. The Morgan fingerprint density at radius 1 is 1.08 bits per heavy atom. The van der Waals surface area contributed by atoms with Crippen molar-refractivity contribution in [2.45, 2.75) is 71.9 Å². The fourth-order valence-corrected chi connectivity index (χ4v) is 3.09. The molecule has 0 aliphatic heterocycles. The van der Waals surface area contributed by atoms with Crippen molar-refractivity contribution >= 4 is 11.8 Å². The standard InChI is InChI=1S/C21H32N2O3/c1-21(2,3)13-19(24)23-15-20(25)22-14-16-8-7-11-18(12-16)26-17-9-5-4-6-10-17/h7-8,11-12,17H,4-6,9-10,13-15H2,1-3H3,(H,22,25)(H,23,24). The molecule has 0 bridgehead atoms. The second kappa shape index (κ2) is 9.60. The van der Waals surface area contributed by atoms with Crippen molar-refractivity contribution in [1.82, 2.24) is 10.6 Å². The molecule has 1 aliphatic carbocycles. The van der Waals surface area contributed by atoms with Crippen LogP contribution in [0, 0.1) is 5.41 Å². The fourth-order valence-electron chi connectivity index (χ4n) is 3.09. The van der Waals surface area contributed by atoms with E-state index in [1.807, 2.05) is 45.0 Å². The molecule has 1 aliphatic rings. The van der Waals surface area contributed by atoms with E-state index in [2.05, 4.69) is 10.6 Å². The quantitative estimate of drug-likeness (QED) is 0.781. The van der Waals surface area contributed by atoms with E-state index in [1.165, 1.54) is 19.3 Å². The molecular weight excluding hydrogens is 328 g/mol. The van der Waals surface area contributed by atoms with Gasteiger partial charge in [0.2, 0.25) is 11.8 Å². The van der Waals surface area contributed by atoms with Crippen LogP contribution in [-0.2, 0) is 16.1 Å². The van der Waals surface area contributed by atoms with Gasteiger partial charge in [-0.1, -0.05) is 39.3 Å². The van der Waals surface area contributed by atoms with Gasteiger partial charge < -0.3 is 15.4 Å². The number of carbonyl (C=O) groups excluding carboxylic acids is 2. The molecule has 26 heavy (non-hydrogen) atoms. The van der Waals surface area contributed by atoms with Crippen molar-refractivity contribution in [2.24, 2.45) is 5.41 Å². The zero-order chi connectivity index (χ0) is 19.0. The normalized spacial score (nSPS) is 15.3. The molecule has 0 spiro atoms. The van der Waals surface area contributed by atoms with Gasteiger partial charge in [-0.15, -0.1) is 0 Å². The summed E-state index contributed by atoms with van der Waals surface area (Å²) in [6.45, 7) is 6.42. The molecule has 1 aromatic carbocycles. The van der Waals surface area contributed by atoms with Gasteiger partial charge in [-0.2, -0.15) is 0 Å². The Morgan fingerprint density at radius 2 is 1.81 bits per heavy atom. The van der Waals surface area contributed by atoms with Gasteiger partial charge in [-0.25, -0.2) is 0 Å². The van der Waals surface area contributed by atoms with Crippen molar-refractivity contribution in [3.8, 4) is 5.75 Å².